The quantitative estimate of drug-likeness (QED) is 0.509. The van der Waals surface area contributed by atoms with Crippen molar-refractivity contribution in [3.05, 3.63) is 41.6 Å². The smallest absolute Gasteiger partial charge is 0.203 e. The summed E-state index contributed by atoms with van der Waals surface area (Å²) in [6.45, 7) is 4.47. The minimum absolute atomic E-state index is 0.0000798. The molecule has 0 spiro atoms. The van der Waals surface area contributed by atoms with Gasteiger partial charge in [-0.05, 0) is 49.9 Å². The Kier molecular flexibility index (Phi) is 3.29. The second-order valence-electron chi connectivity index (χ2n) is 7.69. The van der Waals surface area contributed by atoms with Gasteiger partial charge in [0, 0.05) is 23.0 Å². The van der Waals surface area contributed by atoms with E-state index in [4.69, 9.17) is 0 Å². The van der Waals surface area contributed by atoms with Crippen LogP contribution in [-0.2, 0) is 6.42 Å². The van der Waals surface area contributed by atoms with Crippen molar-refractivity contribution in [3.8, 4) is 6.07 Å². The van der Waals surface area contributed by atoms with Gasteiger partial charge < -0.3 is 9.77 Å². The molecule has 3 aliphatic rings. The largest absolute Gasteiger partial charge is 0.410 e. The highest BCUT2D eigenvalue weighted by atomic mass is 16.4. The number of oxime groups is 1. The number of hydrogen-bond donors (Lipinski definition) is 1. The molecule has 5 rings (SSSR count). The molecule has 4 heterocycles. The van der Waals surface area contributed by atoms with E-state index in [2.05, 4.69) is 51.9 Å². The van der Waals surface area contributed by atoms with Crippen LogP contribution in [0, 0.1) is 16.7 Å². The van der Waals surface area contributed by atoms with Crippen molar-refractivity contribution in [1.29, 1.82) is 5.26 Å². The zero-order valence-electron chi connectivity index (χ0n) is 14.9. The van der Waals surface area contributed by atoms with E-state index in [9.17, 15) is 10.5 Å². The molecule has 5 nitrogen and oxygen atoms in total. The minimum Gasteiger partial charge on any atom is -0.410 e. The Labute approximate surface area is 152 Å². The molecule has 0 aliphatic carbocycles. The van der Waals surface area contributed by atoms with Crippen LogP contribution in [0.25, 0.3) is 16.6 Å². The number of allylic oxidation sites excluding steroid dienone is 1. The lowest BCUT2D eigenvalue weighted by molar-refractivity contribution is 0.0273. The lowest BCUT2D eigenvalue weighted by Gasteiger charge is -2.53. The highest BCUT2D eigenvalue weighted by molar-refractivity contribution is 6.28. The van der Waals surface area contributed by atoms with Gasteiger partial charge in [0.25, 0.3) is 0 Å². The minimum atomic E-state index is -0.0000798. The molecule has 0 radical (unpaired) electrons. The third-order valence-electron chi connectivity index (χ3n) is 6.70. The van der Waals surface area contributed by atoms with Crippen LogP contribution in [-0.4, -0.2) is 33.5 Å². The van der Waals surface area contributed by atoms with Crippen molar-refractivity contribution in [1.82, 2.24) is 9.47 Å². The summed E-state index contributed by atoms with van der Waals surface area (Å²) in [6.07, 6.45) is 6.56. The standard InChI is InChI=1S/C21H22N4O/c1-2-21-9-5-10-24-11-8-15-14-6-3-4-7-17(14)25(19(15)20(21)24)18(12-21)16(13-22)23-26/h3-4,6-7,12,20,26H,2,5,8-11H2,1H3/b23-16+/t20-,21+/m1/s1. The first-order valence-corrected chi connectivity index (χ1v) is 9.46. The predicted octanol–water partition coefficient (Wildman–Crippen LogP) is 3.94. The van der Waals surface area contributed by atoms with E-state index in [1.807, 2.05) is 6.07 Å². The SMILES string of the molecule is CC[C@@]12C=C(/C(C#N)=N/O)n3c4c(c5ccccc53)CCN(CCC1)[C@H]42. The van der Waals surface area contributed by atoms with Gasteiger partial charge in [-0.1, -0.05) is 30.3 Å². The van der Waals surface area contributed by atoms with E-state index in [-0.39, 0.29) is 11.1 Å². The van der Waals surface area contributed by atoms with E-state index >= 15 is 0 Å². The normalized spacial score (nSPS) is 27.8. The van der Waals surface area contributed by atoms with E-state index in [0.29, 0.717) is 6.04 Å². The number of para-hydroxylation sites is 1. The molecular formula is C21H22N4O. The molecule has 1 aromatic carbocycles. The lowest BCUT2D eigenvalue weighted by Crippen LogP contribution is -2.51. The Morgan fingerprint density at radius 1 is 1.38 bits per heavy atom. The third-order valence-corrected chi connectivity index (χ3v) is 6.70. The summed E-state index contributed by atoms with van der Waals surface area (Å²) in [7, 11) is 0. The van der Waals surface area contributed by atoms with Crippen LogP contribution in [0.5, 0.6) is 0 Å². The summed E-state index contributed by atoms with van der Waals surface area (Å²) in [5.74, 6) is 0. The van der Waals surface area contributed by atoms with Gasteiger partial charge in [-0.25, -0.2) is 0 Å². The number of nitriles is 1. The fourth-order valence-corrected chi connectivity index (χ4v) is 5.58. The van der Waals surface area contributed by atoms with E-state index in [0.717, 1.165) is 43.6 Å². The number of hydrogen-bond acceptors (Lipinski definition) is 4. The van der Waals surface area contributed by atoms with Gasteiger partial charge in [0.05, 0.1) is 17.3 Å². The lowest BCUT2D eigenvalue weighted by atomic mass is 9.66. The zero-order chi connectivity index (χ0) is 17.9. The molecule has 2 atom stereocenters. The average Bonchev–Trinajstić information content (AvgIpc) is 3.03. The Morgan fingerprint density at radius 2 is 2.23 bits per heavy atom. The Balaban J connectivity index is 1.91. The van der Waals surface area contributed by atoms with Crippen molar-refractivity contribution in [2.75, 3.05) is 13.1 Å². The fraction of sp³-hybridized carbons (Fsp3) is 0.429. The second-order valence-corrected chi connectivity index (χ2v) is 7.69. The van der Waals surface area contributed by atoms with Crippen LogP contribution in [0.4, 0.5) is 0 Å². The monoisotopic (exact) mass is 346 g/mol. The molecule has 0 bridgehead atoms. The van der Waals surface area contributed by atoms with Crippen molar-refractivity contribution in [2.24, 2.45) is 10.6 Å². The topological polar surface area (TPSA) is 64.5 Å². The Morgan fingerprint density at radius 3 is 3.00 bits per heavy atom. The van der Waals surface area contributed by atoms with Crippen LogP contribution in [0.15, 0.2) is 35.5 Å². The highest BCUT2D eigenvalue weighted by Gasteiger charge is 2.50. The molecule has 5 heteroatoms. The molecule has 0 unspecified atom stereocenters. The maximum absolute atomic E-state index is 9.60. The molecule has 1 saturated heterocycles. The molecule has 1 aromatic heterocycles. The van der Waals surface area contributed by atoms with Crippen LogP contribution in [0.2, 0.25) is 0 Å². The number of fused-ring (bicyclic) bond motifs is 3. The van der Waals surface area contributed by atoms with Crippen LogP contribution >= 0.6 is 0 Å². The predicted molar refractivity (Wildman–Crippen MR) is 101 cm³/mol. The van der Waals surface area contributed by atoms with Crippen molar-refractivity contribution in [3.63, 3.8) is 0 Å². The van der Waals surface area contributed by atoms with Crippen molar-refractivity contribution in [2.45, 2.75) is 38.6 Å². The maximum Gasteiger partial charge on any atom is 0.203 e. The van der Waals surface area contributed by atoms with Crippen molar-refractivity contribution >= 4 is 22.3 Å². The first-order chi connectivity index (χ1) is 12.7. The van der Waals surface area contributed by atoms with Crippen molar-refractivity contribution < 1.29 is 5.21 Å². The van der Waals surface area contributed by atoms with Crippen LogP contribution in [0.1, 0.15) is 43.5 Å². The summed E-state index contributed by atoms with van der Waals surface area (Å²) in [5, 5.41) is 23.7. The van der Waals surface area contributed by atoms with Gasteiger partial charge >= 0.3 is 0 Å². The maximum atomic E-state index is 9.60. The van der Waals surface area contributed by atoms with Crippen LogP contribution < -0.4 is 0 Å². The molecule has 0 saturated carbocycles. The summed E-state index contributed by atoms with van der Waals surface area (Å²) in [6, 6.07) is 10.9. The number of piperidine rings is 1. The summed E-state index contributed by atoms with van der Waals surface area (Å²) >= 11 is 0. The Hall–Kier alpha value is -2.58. The number of nitrogens with zero attached hydrogens (tertiary/aromatic N) is 4. The molecule has 0 amide bonds. The van der Waals surface area contributed by atoms with E-state index < -0.39 is 0 Å². The van der Waals surface area contributed by atoms with Gasteiger partial charge in [0.15, 0.2) is 0 Å². The molecule has 1 N–H and O–H groups in total. The van der Waals surface area contributed by atoms with Gasteiger partial charge in [-0.15, -0.1) is 0 Å². The first kappa shape index (κ1) is 15.7. The van der Waals surface area contributed by atoms with Gasteiger partial charge in [0.2, 0.25) is 5.71 Å². The summed E-state index contributed by atoms with van der Waals surface area (Å²) < 4.78 is 2.19. The number of rotatable bonds is 2. The molecule has 2 aromatic rings. The van der Waals surface area contributed by atoms with E-state index in [1.165, 1.54) is 23.1 Å². The molecule has 1 fully saturated rings. The van der Waals surface area contributed by atoms with Crippen LogP contribution in [0.3, 0.4) is 0 Å². The third kappa shape index (κ3) is 1.80. The fourth-order valence-electron chi connectivity index (χ4n) is 5.58. The Bertz CT molecular complexity index is 1010. The van der Waals surface area contributed by atoms with Gasteiger partial charge in [-0.2, -0.15) is 5.26 Å². The number of benzene rings is 1. The second kappa shape index (κ2) is 5.46. The number of aromatic nitrogens is 1. The van der Waals surface area contributed by atoms with E-state index in [1.54, 1.807) is 0 Å². The molecular weight excluding hydrogens is 324 g/mol. The summed E-state index contributed by atoms with van der Waals surface area (Å²) in [5.41, 5.74) is 4.67. The molecule has 132 valence electrons. The van der Waals surface area contributed by atoms with Gasteiger partial charge in [-0.3, -0.25) is 4.90 Å². The zero-order valence-corrected chi connectivity index (χ0v) is 14.9. The summed E-state index contributed by atoms with van der Waals surface area (Å²) in [4.78, 5) is 2.63. The first-order valence-electron chi connectivity index (χ1n) is 9.46. The molecule has 26 heavy (non-hydrogen) atoms. The van der Waals surface area contributed by atoms with Gasteiger partial charge in [0.1, 0.15) is 6.07 Å². The highest BCUT2D eigenvalue weighted by Crippen LogP contribution is 2.57. The molecule has 3 aliphatic heterocycles. The average molecular weight is 346 g/mol.